The molecule has 2 N–H and O–H groups in total. The number of hydrogen-bond acceptors (Lipinski definition) is 5. The number of aromatic nitrogens is 2. The van der Waals surface area contributed by atoms with E-state index in [1.165, 1.54) is 0 Å². The molecule has 6 heteroatoms. The molecule has 1 saturated carbocycles. The van der Waals surface area contributed by atoms with Crippen molar-refractivity contribution in [3.63, 3.8) is 0 Å². The summed E-state index contributed by atoms with van der Waals surface area (Å²) in [5, 5.41) is 16.8. The number of carbonyl (C=O) groups excluding carboxylic acids is 1. The molecule has 1 aromatic rings. The van der Waals surface area contributed by atoms with Crippen LogP contribution in [0.25, 0.3) is 0 Å². The van der Waals surface area contributed by atoms with Crippen LogP contribution >= 0.6 is 0 Å². The second-order valence-electron chi connectivity index (χ2n) is 6.46. The van der Waals surface area contributed by atoms with Gasteiger partial charge in [0.1, 0.15) is 0 Å². The van der Waals surface area contributed by atoms with E-state index in [9.17, 15) is 9.90 Å². The maximum atomic E-state index is 11.7. The number of nitrogens with zero attached hydrogens (tertiary/aromatic N) is 2. The minimum Gasteiger partial charge on any atom is -0.388 e. The van der Waals surface area contributed by atoms with Crippen LogP contribution < -0.4 is 5.32 Å². The normalized spacial score (nSPS) is 17.8. The van der Waals surface area contributed by atoms with Crippen molar-refractivity contribution >= 4 is 5.91 Å². The first kappa shape index (κ1) is 15.9. The van der Waals surface area contributed by atoms with Crippen LogP contribution in [-0.2, 0) is 11.2 Å². The molecular weight excluding hydrogens is 270 g/mol. The Bertz CT molecular complexity index is 478. The fourth-order valence-electron chi connectivity index (χ4n) is 1.85. The monoisotopic (exact) mass is 295 g/mol. The summed E-state index contributed by atoms with van der Waals surface area (Å²) in [5.41, 5.74) is -0.874. The zero-order valence-electron chi connectivity index (χ0n) is 13.1. The molecule has 118 valence electrons. The third-order valence-electron chi connectivity index (χ3n) is 4.11. The highest BCUT2D eigenvalue weighted by atomic mass is 16.5. The van der Waals surface area contributed by atoms with E-state index in [4.69, 9.17) is 4.52 Å². The Labute approximate surface area is 125 Å². The molecular formula is C15H25N3O3. The lowest BCUT2D eigenvalue weighted by atomic mass is 9.92. The van der Waals surface area contributed by atoms with Gasteiger partial charge in [-0.2, -0.15) is 4.98 Å². The maximum absolute atomic E-state index is 11.7. The molecule has 1 aliphatic rings. The second-order valence-corrected chi connectivity index (χ2v) is 6.46. The molecule has 1 heterocycles. The number of carbonyl (C=O) groups is 1. The van der Waals surface area contributed by atoms with Crippen molar-refractivity contribution < 1.29 is 14.4 Å². The van der Waals surface area contributed by atoms with Gasteiger partial charge in [0.2, 0.25) is 11.8 Å². The van der Waals surface area contributed by atoms with Crippen LogP contribution in [0.4, 0.5) is 0 Å². The highest BCUT2D eigenvalue weighted by molar-refractivity contribution is 5.75. The number of hydrogen-bond donors (Lipinski definition) is 2. The van der Waals surface area contributed by atoms with Crippen molar-refractivity contribution in [3.05, 3.63) is 11.7 Å². The van der Waals surface area contributed by atoms with Crippen molar-refractivity contribution in [2.45, 2.75) is 64.4 Å². The number of amides is 1. The van der Waals surface area contributed by atoms with E-state index >= 15 is 0 Å². The number of rotatable bonds is 8. The van der Waals surface area contributed by atoms with Crippen molar-refractivity contribution in [2.75, 3.05) is 6.54 Å². The molecule has 0 spiro atoms. The largest absolute Gasteiger partial charge is 0.388 e. The summed E-state index contributed by atoms with van der Waals surface area (Å²) in [6, 6.07) is 0. The van der Waals surface area contributed by atoms with E-state index < -0.39 is 5.60 Å². The summed E-state index contributed by atoms with van der Waals surface area (Å²) in [7, 11) is 0. The first-order valence-corrected chi connectivity index (χ1v) is 7.70. The number of aryl methyl sites for hydroxylation is 1. The molecule has 1 amide bonds. The maximum Gasteiger partial charge on any atom is 0.226 e. The van der Waals surface area contributed by atoms with Gasteiger partial charge < -0.3 is 14.9 Å². The van der Waals surface area contributed by atoms with Crippen LogP contribution in [0.5, 0.6) is 0 Å². The van der Waals surface area contributed by atoms with Gasteiger partial charge in [0.25, 0.3) is 0 Å². The van der Waals surface area contributed by atoms with Gasteiger partial charge in [-0.3, -0.25) is 4.79 Å². The fourth-order valence-corrected chi connectivity index (χ4v) is 1.85. The molecule has 1 aliphatic carbocycles. The van der Waals surface area contributed by atoms with E-state index in [-0.39, 0.29) is 18.4 Å². The Kier molecular flexibility index (Phi) is 4.98. The predicted molar refractivity (Wildman–Crippen MR) is 77.7 cm³/mol. The second kappa shape index (κ2) is 6.56. The Balaban J connectivity index is 1.64. The lowest BCUT2D eigenvalue weighted by molar-refractivity contribution is -0.122. The minimum atomic E-state index is -0.874. The third kappa shape index (κ3) is 4.81. The zero-order chi connectivity index (χ0) is 15.5. The fraction of sp³-hybridized carbons (Fsp3) is 0.800. The smallest absolute Gasteiger partial charge is 0.226 e. The van der Waals surface area contributed by atoms with Crippen LogP contribution in [0.2, 0.25) is 0 Å². The van der Waals surface area contributed by atoms with Gasteiger partial charge in [-0.15, -0.1) is 0 Å². The summed E-state index contributed by atoms with van der Waals surface area (Å²) in [6.45, 7) is 5.87. The zero-order valence-corrected chi connectivity index (χ0v) is 13.1. The summed E-state index contributed by atoms with van der Waals surface area (Å²) in [6.07, 6.45) is 3.99. The van der Waals surface area contributed by atoms with Crippen LogP contribution in [0, 0.1) is 5.92 Å². The van der Waals surface area contributed by atoms with E-state index in [0.717, 1.165) is 18.7 Å². The Morgan fingerprint density at radius 3 is 2.86 bits per heavy atom. The SMILES string of the molecule is CC(C)C(C)(O)CNC(=O)CCCc1nc(C2CC2)no1. The lowest BCUT2D eigenvalue weighted by Gasteiger charge is -2.27. The molecule has 1 unspecified atom stereocenters. The summed E-state index contributed by atoms with van der Waals surface area (Å²) in [4.78, 5) is 16.1. The third-order valence-corrected chi connectivity index (χ3v) is 4.11. The van der Waals surface area contributed by atoms with Gasteiger partial charge in [0, 0.05) is 25.3 Å². The molecule has 1 fully saturated rings. The Morgan fingerprint density at radius 2 is 2.24 bits per heavy atom. The van der Waals surface area contributed by atoms with Gasteiger partial charge in [-0.25, -0.2) is 0 Å². The molecule has 21 heavy (non-hydrogen) atoms. The van der Waals surface area contributed by atoms with E-state index in [0.29, 0.717) is 31.1 Å². The highest BCUT2D eigenvalue weighted by Gasteiger charge is 2.28. The molecule has 1 aromatic heterocycles. The van der Waals surface area contributed by atoms with Crippen molar-refractivity contribution in [1.29, 1.82) is 0 Å². The molecule has 6 nitrogen and oxygen atoms in total. The topological polar surface area (TPSA) is 88.2 Å². The predicted octanol–water partition coefficient (Wildman–Crippen LogP) is 1.79. The van der Waals surface area contributed by atoms with E-state index in [1.807, 2.05) is 13.8 Å². The molecule has 0 aromatic carbocycles. The molecule has 0 aliphatic heterocycles. The molecule has 2 rings (SSSR count). The Morgan fingerprint density at radius 1 is 1.52 bits per heavy atom. The highest BCUT2D eigenvalue weighted by Crippen LogP contribution is 2.38. The number of nitrogens with one attached hydrogen (secondary N) is 1. The lowest BCUT2D eigenvalue weighted by Crippen LogP contribution is -2.44. The van der Waals surface area contributed by atoms with Crippen molar-refractivity contribution in [2.24, 2.45) is 5.92 Å². The molecule has 0 bridgehead atoms. The van der Waals surface area contributed by atoms with Crippen molar-refractivity contribution in [1.82, 2.24) is 15.5 Å². The molecule has 0 radical (unpaired) electrons. The average molecular weight is 295 g/mol. The van der Waals surface area contributed by atoms with Crippen LogP contribution in [-0.4, -0.2) is 33.3 Å². The van der Waals surface area contributed by atoms with Gasteiger partial charge in [0.15, 0.2) is 5.82 Å². The van der Waals surface area contributed by atoms with Gasteiger partial charge in [-0.1, -0.05) is 19.0 Å². The Hall–Kier alpha value is -1.43. The first-order chi connectivity index (χ1) is 9.88. The number of aliphatic hydroxyl groups is 1. The van der Waals surface area contributed by atoms with E-state index in [2.05, 4.69) is 15.5 Å². The molecule has 0 saturated heterocycles. The van der Waals surface area contributed by atoms with Crippen LogP contribution in [0.15, 0.2) is 4.52 Å². The standard InChI is InChI=1S/C15H25N3O3/c1-10(2)15(3,20)9-16-12(19)5-4-6-13-17-14(18-21-13)11-7-8-11/h10-11,20H,4-9H2,1-3H3,(H,16,19). The van der Waals surface area contributed by atoms with Crippen LogP contribution in [0.3, 0.4) is 0 Å². The first-order valence-electron chi connectivity index (χ1n) is 7.70. The van der Waals surface area contributed by atoms with Crippen molar-refractivity contribution in [3.8, 4) is 0 Å². The summed E-state index contributed by atoms with van der Waals surface area (Å²) >= 11 is 0. The minimum absolute atomic E-state index is 0.0575. The van der Waals surface area contributed by atoms with Gasteiger partial charge in [0.05, 0.1) is 5.60 Å². The van der Waals surface area contributed by atoms with Gasteiger partial charge in [-0.05, 0) is 32.1 Å². The molecule has 1 atom stereocenters. The van der Waals surface area contributed by atoms with Gasteiger partial charge >= 0.3 is 0 Å². The van der Waals surface area contributed by atoms with Crippen LogP contribution in [0.1, 0.15) is 64.1 Å². The summed E-state index contributed by atoms with van der Waals surface area (Å²) < 4.78 is 5.16. The summed E-state index contributed by atoms with van der Waals surface area (Å²) in [5.74, 6) is 1.94. The average Bonchev–Trinajstić information content (AvgIpc) is 3.17. The quantitative estimate of drug-likeness (QED) is 0.763. The van der Waals surface area contributed by atoms with E-state index in [1.54, 1.807) is 6.92 Å².